The van der Waals surface area contributed by atoms with Gasteiger partial charge in [-0.25, -0.2) is 0 Å². The van der Waals surface area contributed by atoms with E-state index in [0.717, 1.165) is 39.6 Å². The number of carbonyl (C=O) groups is 3. The molecule has 0 unspecified atom stereocenters. The molecular formula is C25H26N2O4. The minimum atomic E-state index is -0.665. The molecule has 0 aliphatic carbocycles. The van der Waals surface area contributed by atoms with Crippen LogP contribution in [0.4, 0.5) is 5.69 Å². The SMILES string of the molecule is CCc1cccc(C)c1NC(=O)COC(=O)CNC(=O)Cc1cccc2ccccc12. The highest BCUT2D eigenvalue weighted by molar-refractivity contribution is 5.95. The first-order valence-corrected chi connectivity index (χ1v) is 10.2. The summed E-state index contributed by atoms with van der Waals surface area (Å²) < 4.78 is 4.99. The van der Waals surface area contributed by atoms with Crippen molar-refractivity contribution >= 4 is 34.2 Å². The van der Waals surface area contributed by atoms with E-state index in [-0.39, 0.29) is 18.9 Å². The summed E-state index contributed by atoms with van der Waals surface area (Å²) in [7, 11) is 0. The molecule has 6 nitrogen and oxygen atoms in total. The second kappa shape index (κ2) is 10.4. The Morgan fingerprint density at radius 1 is 0.871 bits per heavy atom. The third-order valence-electron chi connectivity index (χ3n) is 5.03. The average Bonchev–Trinajstić information content (AvgIpc) is 2.78. The topological polar surface area (TPSA) is 84.5 Å². The van der Waals surface area contributed by atoms with Crippen molar-refractivity contribution in [1.82, 2.24) is 5.32 Å². The zero-order valence-corrected chi connectivity index (χ0v) is 17.7. The van der Waals surface area contributed by atoms with Crippen LogP contribution in [0.25, 0.3) is 10.8 Å². The molecule has 0 aromatic heterocycles. The van der Waals surface area contributed by atoms with E-state index in [1.165, 1.54) is 0 Å². The van der Waals surface area contributed by atoms with E-state index in [2.05, 4.69) is 10.6 Å². The first-order chi connectivity index (χ1) is 15.0. The van der Waals surface area contributed by atoms with Gasteiger partial charge in [-0.3, -0.25) is 14.4 Å². The van der Waals surface area contributed by atoms with Crippen molar-refractivity contribution in [3.05, 3.63) is 77.4 Å². The molecule has 3 aromatic rings. The molecule has 0 aliphatic rings. The quantitative estimate of drug-likeness (QED) is 0.548. The number of esters is 1. The van der Waals surface area contributed by atoms with Gasteiger partial charge in [0, 0.05) is 5.69 Å². The molecule has 0 saturated carbocycles. The van der Waals surface area contributed by atoms with Crippen LogP contribution in [-0.2, 0) is 32.0 Å². The average molecular weight is 418 g/mol. The molecule has 0 spiro atoms. The molecule has 0 aliphatic heterocycles. The van der Waals surface area contributed by atoms with Gasteiger partial charge in [0.05, 0.1) is 6.42 Å². The predicted octanol–water partition coefficient (Wildman–Crippen LogP) is 3.55. The van der Waals surface area contributed by atoms with Crippen molar-refractivity contribution in [2.75, 3.05) is 18.5 Å². The van der Waals surface area contributed by atoms with E-state index in [0.29, 0.717) is 0 Å². The van der Waals surface area contributed by atoms with E-state index in [1.807, 2.05) is 74.5 Å². The van der Waals surface area contributed by atoms with Crippen LogP contribution in [0.2, 0.25) is 0 Å². The fourth-order valence-electron chi connectivity index (χ4n) is 3.43. The summed E-state index contributed by atoms with van der Waals surface area (Å²) in [6.07, 6.45) is 0.933. The Kier molecular flexibility index (Phi) is 7.38. The minimum Gasteiger partial charge on any atom is -0.454 e. The highest BCUT2D eigenvalue weighted by Crippen LogP contribution is 2.21. The number of nitrogens with one attached hydrogen (secondary N) is 2. The Bertz CT molecular complexity index is 1100. The van der Waals surface area contributed by atoms with E-state index in [4.69, 9.17) is 4.74 Å². The monoisotopic (exact) mass is 418 g/mol. The third kappa shape index (κ3) is 5.92. The second-order valence-electron chi connectivity index (χ2n) is 7.26. The summed E-state index contributed by atoms with van der Waals surface area (Å²) >= 11 is 0. The van der Waals surface area contributed by atoms with Crippen LogP contribution < -0.4 is 10.6 Å². The van der Waals surface area contributed by atoms with E-state index >= 15 is 0 Å². The Balaban J connectivity index is 1.46. The molecule has 0 atom stereocenters. The number of amides is 2. The van der Waals surface area contributed by atoms with Gasteiger partial charge < -0.3 is 15.4 Å². The van der Waals surface area contributed by atoms with Gasteiger partial charge in [0.1, 0.15) is 6.54 Å². The Hall–Kier alpha value is -3.67. The summed E-state index contributed by atoms with van der Waals surface area (Å²) in [6, 6.07) is 19.4. The number of para-hydroxylation sites is 1. The molecule has 160 valence electrons. The molecule has 0 radical (unpaired) electrons. The molecule has 6 heteroatoms. The number of anilines is 1. The number of ether oxygens (including phenoxy) is 1. The smallest absolute Gasteiger partial charge is 0.325 e. The highest BCUT2D eigenvalue weighted by atomic mass is 16.5. The number of hydrogen-bond donors (Lipinski definition) is 2. The third-order valence-corrected chi connectivity index (χ3v) is 5.03. The number of rotatable bonds is 8. The lowest BCUT2D eigenvalue weighted by molar-refractivity contribution is -0.147. The molecular weight excluding hydrogens is 392 g/mol. The van der Waals surface area contributed by atoms with Crippen LogP contribution in [0, 0.1) is 6.92 Å². The first-order valence-electron chi connectivity index (χ1n) is 10.2. The zero-order chi connectivity index (χ0) is 22.2. The van der Waals surface area contributed by atoms with Crippen LogP contribution in [0.3, 0.4) is 0 Å². The molecule has 0 heterocycles. The summed E-state index contributed by atoms with van der Waals surface area (Å²) in [5, 5.41) is 7.40. The van der Waals surface area contributed by atoms with Crippen molar-refractivity contribution in [3.63, 3.8) is 0 Å². The van der Waals surface area contributed by atoms with Crippen molar-refractivity contribution in [2.45, 2.75) is 26.7 Å². The summed E-state index contributed by atoms with van der Waals surface area (Å²) in [5.74, 6) is -1.37. The van der Waals surface area contributed by atoms with Crippen molar-refractivity contribution in [3.8, 4) is 0 Å². The normalized spacial score (nSPS) is 10.5. The lowest BCUT2D eigenvalue weighted by Crippen LogP contribution is -2.33. The first kappa shape index (κ1) is 22.0. The minimum absolute atomic E-state index is 0.155. The van der Waals surface area contributed by atoms with Gasteiger partial charge in [-0.05, 0) is 40.8 Å². The molecule has 0 saturated heterocycles. The van der Waals surface area contributed by atoms with E-state index in [9.17, 15) is 14.4 Å². The fraction of sp³-hybridized carbons (Fsp3) is 0.240. The highest BCUT2D eigenvalue weighted by Gasteiger charge is 2.13. The molecule has 31 heavy (non-hydrogen) atoms. The maximum atomic E-state index is 12.2. The van der Waals surface area contributed by atoms with Gasteiger partial charge >= 0.3 is 5.97 Å². The Morgan fingerprint density at radius 2 is 1.58 bits per heavy atom. The van der Waals surface area contributed by atoms with Gasteiger partial charge in [0.15, 0.2) is 6.61 Å². The standard InChI is InChI=1S/C25H26N2O4/c1-3-18-10-6-8-17(2)25(18)27-23(29)16-31-24(30)15-26-22(28)14-20-12-7-11-19-9-4-5-13-21(19)20/h4-13H,3,14-16H2,1-2H3,(H,26,28)(H,27,29). The Labute approximate surface area is 181 Å². The maximum Gasteiger partial charge on any atom is 0.325 e. The summed E-state index contributed by atoms with van der Waals surface area (Å²) in [4.78, 5) is 36.4. The molecule has 3 aromatic carbocycles. The lowest BCUT2D eigenvalue weighted by atomic mass is 10.0. The fourth-order valence-corrected chi connectivity index (χ4v) is 3.43. The zero-order valence-electron chi connectivity index (χ0n) is 17.7. The number of aryl methyl sites for hydroxylation is 2. The number of fused-ring (bicyclic) bond motifs is 1. The van der Waals surface area contributed by atoms with Crippen LogP contribution in [-0.4, -0.2) is 30.9 Å². The maximum absolute atomic E-state index is 12.2. The van der Waals surface area contributed by atoms with E-state index in [1.54, 1.807) is 0 Å². The summed E-state index contributed by atoms with van der Waals surface area (Å²) in [6.45, 7) is 3.22. The number of carbonyl (C=O) groups excluding carboxylic acids is 3. The van der Waals surface area contributed by atoms with Gasteiger partial charge in [-0.15, -0.1) is 0 Å². The number of hydrogen-bond acceptors (Lipinski definition) is 4. The molecule has 3 rings (SSSR count). The van der Waals surface area contributed by atoms with Gasteiger partial charge in [-0.2, -0.15) is 0 Å². The van der Waals surface area contributed by atoms with Gasteiger partial charge in [0.2, 0.25) is 5.91 Å². The van der Waals surface area contributed by atoms with Crippen LogP contribution in [0.15, 0.2) is 60.7 Å². The second-order valence-corrected chi connectivity index (χ2v) is 7.26. The molecule has 0 bridgehead atoms. The van der Waals surface area contributed by atoms with Crippen LogP contribution in [0.1, 0.15) is 23.6 Å². The Morgan fingerprint density at radius 3 is 2.39 bits per heavy atom. The number of benzene rings is 3. The molecule has 2 N–H and O–H groups in total. The van der Waals surface area contributed by atoms with Gasteiger partial charge in [-0.1, -0.05) is 67.6 Å². The van der Waals surface area contributed by atoms with Crippen LogP contribution >= 0.6 is 0 Å². The van der Waals surface area contributed by atoms with Crippen molar-refractivity contribution in [1.29, 1.82) is 0 Å². The summed E-state index contributed by atoms with van der Waals surface area (Å²) in [5.41, 5.74) is 3.59. The lowest BCUT2D eigenvalue weighted by Gasteiger charge is -2.13. The molecule has 0 fully saturated rings. The largest absolute Gasteiger partial charge is 0.454 e. The van der Waals surface area contributed by atoms with Crippen molar-refractivity contribution in [2.24, 2.45) is 0 Å². The predicted molar refractivity (Wildman–Crippen MR) is 121 cm³/mol. The van der Waals surface area contributed by atoms with Gasteiger partial charge in [0.25, 0.3) is 5.91 Å². The van der Waals surface area contributed by atoms with Crippen LogP contribution in [0.5, 0.6) is 0 Å². The van der Waals surface area contributed by atoms with Crippen molar-refractivity contribution < 1.29 is 19.1 Å². The van der Waals surface area contributed by atoms with E-state index < -0.39 is 18.5 Å². The molecule has 2 amide bonds.